The van der Waals surface area contributed by atoms with E-state index in [-0.39, 0.29) is 18.0 Å². The van der Waals surface area contributed by atoms with Gasteiger partial charge in [0.15, 0.2) is 11.6 Å². The molecule has 0 bridgehead atoms. The second-order valence-electron chi connectivity index (χ2n) is 4.48. The zero-order valence-electron chi connectivity index (χ0n) is 11.2. The third kappa shape index (κ3) is 3.20. The monoisotopic (exact) mass is 280 g/mol. The van der Waals surface area contributed by atoms with E-state index >= 15 is 0 Å². The molecular formula is C14H14F2N2O2. The number of nitrogens with one attached hydrogen (secondary N) is 1. The van der Waals surface area contributed by atoms with E-state index in [0.717, 1.165) is 23.4 Å². The Hall–Kier alpha value is -2.24. The molecule has 6 heteroatoms. The van der Waals surface area contributed by atoms with Gasteiger partial charge in [0.25, 0.3) is 0 Å². The average molecular weight is 280 g/mol. The van der Waals surface area contributed by atoms with Crippen LogP contribution in [0.15, 0.2) is 22.7 Å². The van der Waals surface area contributed by atoms with Gasteiger partial charge < -0.3 is 9.84 Å². The Labute approximate surface area is 114 Å². The first kappa shape index (κ1) is 14.2. The SMILES string of the molecule is Cc1noc(C)c1CCC(=O)Nc1ccc(F)c(F)c1. The molecule has 0 unspecified atom stereocenters. The van der Waals surface area contributed by atoms with Crippen molar-refractivity contribution in [2.24, 2.45) is 0 Å². The summed E-state index contributed by atoms with van der Waals surface area (Å²) in [5.74, 6) is -1.54. The first-order chi connectivity index (χ1) is 9.47. The fraction of sp³-hybridized carbons (Fsp3) is 0.286. The number of hydrogen-bond donors (Lipinski definition) is 1. The van der Waals surface area contributed by atoms with Gasteiger partial charge in [-0.1, -0.05) is 5.16 Å². The highest BCUT2D eigenvalue weighted by atomic mass is 19.2. The largest absolute Gasteiger partial charge is 0.361 e. The van der Waals surface area contributed by atoms with Gasteiger partial charge in [-0.25, -0.2) is 8.78 Å². The molecule has 1 N–H and O–H groups in total. The molecule has 4 nitrogen and oxygen atoms in total. The summed E-state index contributed by atoms with van der Waals surface area (Å²) >= 11 is 0. The first-order valence-electron chi connectivity index (χ1n) is 6.14. The van der Waals surface area contributed by atoms with Crippen molar-refractivity contribution >= 4 is 11.6 Å². The van der Waals surface area contributed by atoms with E-state index in [2.05, 4.69) is 10.5 Å². The second-order valence-corrected chi connectivity index (χ2v) is 4.48. The van der Waals surface area contributed by atoms with Crippen molar-refractivity contribution in [1.82, 2.24) is 5.16 Å². The molecular weight excluding hydrogens is 266 g/mol. The van der Waals surface area contributed by atoms with Crippen molar-refractivity contribution in [1.29, 1.82) is 0 Å². The maximum atomic E-state index is 13.0. The van der Waals surface area contributed by atoms with Crippen LogP contribution in [0, 0.1) is 25.5 Å². The van der Waals surface area contributed by atoms with Crippen LogP contribution in [0.5, 0.6) is 0 Å². The van der Waals surface area contributed by atoms with Gasteiger partial charge in [-0.3, -0.25) is 4.79 Å². The number of benzene rings is 1. The highest BCUT2D eigenvalue weighted by molar-refractivity contribution is 5.90. The summed E-state index contributed by atoms with van der Waals surface area (Å²) in [6.45, 7) is 3.58. The Balaban J connectivity index is 1.94. The smallest absolute Gasteiger partial charge is 0.224 e. The fourth-order valence-electron chi connectivity index (χ4n) is 1.89. The molecule has 0 saturated heterocycles. The summed E-state index contributed by atoms with van der Waals surface area (Å²) in [7, 11) is 0. The number of nitrogens with zero attached hydrogens (tertiary/aromatic N) is 1. The van der Waals surface area contributed by atoms with Gasteiger partial charge in [-0.2, -0.15) is 0 Å². The lowest BCUT2D eigenvalue weighted by molar-refractivity contribution is -0.116. The van der Waals surface area contributed by atoms with E-state index in [1.54, 1.807) is 13.8 Å². The van der Waals surface area contributed by atoms with Crippen LogP contribution in [0.25, 0.3) is 0 Å². The highest BCUT2D eigenvalue weighted by Gasteiger charge is 2.12. The van der Waals surface area contributed by atoms with Gasteiger partial charge in [-0.15, -0.1) is 0 Å². The molecule has 0 aliphatic heterocycles. The number of hydrogen-bond acceptors (Lipinski definition) is 3. The zero-order valence-corrected chi connectivity index (χ0v) is 11.2. The standard InChI is InChI=1S/C14H14F2N2O2/c1-8-11(9(2)20-18-8)4-6-14(19)17-10-3-5-12(15)13(16)7-10/h3,5,7H,4,6H2,1-2H3,(H,17,19). The van der Waals surface area contributed by atoms with Crippen LogP contribution < -0.4 is 5.32 Å². The number of rotatable bonds is 4. The van der Waals surface area contributed by atoms with Gasteiger partial charge in [-0.05, 0) is 32.4 Å². The van der Waals surface area contributed by atoms with Crippen molar-refractivity contribution in [3.8, 4) is 0 Å². The van der Waals surface area contributed by atoms with Crippen molar-refractivity contribution in [2.75, 3.05) is 5.32 Å². The molecule has 1 aromatic heterocycles. The fourth-order valence-corrected chi connectivity index (χ4v) is 1.89. The lowest BCUT2D eigenvalue weighted by Crippen LogP contribution is -2.13. The van der Waals surface area contributed by atoms with E-state index in [9.17, 15) is 13.6 Å². The van der Waals surface area contributed by atoms with Crippen LogP contribution >= 0.6 is 0 Å². The molecule has 20 heavy (non-hydrogen) atoms. The third-order valence-corrected chi connectivity index (χ3v) is 2.99. The minimum atomic E-state index is -0.992. The molecule has 1 amide bonds. The van der Waals surface area contributed by atoms with Gasteiger partial charge in [0.2, 0.25) is 5.91 Å². The quantitative estimate of drug-likeness (QED) is 0.936. The number of carbonyl (C=O) groups excluding carboxylic acids is 1. The Kier molecular flexibility index (Phi) is 4.12. The van der Waals surface area contributed by atoms with Crippen LogP contribution in [-0.4, -0.2) is 11.1 Å². The van der Waals surface area contributed by atoms with E-state index in [1.165, 1.54) is 6.07 Å². The van der Waals surface area contributed by atoms with E-state index < -0.39 is 11.6 Å². The number of halogens is 2. The predicted molar refractivity (Wildman–Crippen MR) is 69.3 cm³/mol. The Morgan fingerprint density at radius 2 is 2.05 bits per heavy atom. The van der Waals surface area contributed by atoms with Crippen molar-refractivity contribution in [2.45, 2.75) is 26.7 Å². The number of carbonyl (C=O) groups is 1. The van der Waals surface area contributed by atoms with Gasteiger partial charge in [0.05, 0.1) is 5.69 Å². The van der Waals surface area contributed by atoms with E-state index in [0.29, 0.717) is 12.2 Å². The molecule has 0 spiro atoms. The molecule has 2 rings (SSSR count). The second kappa shape index (κ2) is 5.81. The third-order valence-electron chi connectivity index (χ3n) is 2.99. The minimum absolute atomic E-state index is 0.210. The van der Waals surface area contributed by atoms with Crippen LogP contribution in [0.3, 0.4) is 0 Å². The van der Waals surface area contributed by atoms with Crippen molar-refractivity contribution in [3.63, 3.8) is 0 Å². The van der Waals surface area contributed by atoms with Gasteiger partial charge in [0.1, 0.15) is 5.76 Å². The highest BCUT2D eigenvalue weighted by Crippen LogP contribution is 2.16. The lowest BCUT2D eigenvalue weighted by Gasteiger charge is -2.05. The molecule has 106 valence electrons. The van der Waals surface area contributed by atoms with E-state index in [4.69, 9.17) is 4.52 Å². The normalized spacial score (nSPS) is 10.6. The van der Waals surface area contributed by atoms with Gasteiger partial charge >= 0.3 is 0 Å². The number of anilines is 1. The summed E-state index contributed by atoms with van der Waals surface area (Å²) in [6, 6.07) is 3.23. The van der Waals surface area contributed by atoms with Crippen LogP contribution in [0.2, 0.25) is 0 Å². The number of amides is 1. The summed E-state index contributed by atoms with van der Waals surface area (Å²) in [6.07, 6.45) is 0.693. The number of aryl methyl sites for hydroxylation is 2. The van der Waals surface area contributed by atoms with Crippen LogP contribution in [0.4, 0.5) is 14.5 Å². The topological polar surface area (TPSA) is 55.1 Å². The molecule has 2 aromatic rings. The summed E-state index contributed by atoms with van der Waals surface area (Å²) in [5, 5.41) is 6.32. The molecule has 0 radical (unpaired) electrons. The number of aromatic nitrogens is 1. The minimum Gasteiger partial charge on any atom is -0.361 e. The molecule has 0 aliphatic carbocycles. The van der Waals surface area contributed by atoms with Crippen molar-refractivity contribution in [3.05, 3.63) is 46.9 Å². The summed E-state index contributed by atoms with van der Waals surface area (Å²) < 4.78 is 30.8. The Morgan fingerprint density at radius 3 is 2.65 bits per heavy atom. The van der Waals surface area contributed by atoms with Gasteiger partial charge in [0, 0.05) is 23.7 Å². The summed E-state index contributed by atoms with van der Waals surface area (Å²) in [4.78, 5) is 11.7. The molecule has 0 fully saturated rings. The molecule has 1 heterocycles. The zero-order chi connectivity index (χ0) is 14.7. The Morgan fingerprint density at radius 1 is 1.30 bits per heavy atom. The predicted octanol–water partition coefficient (Wildman–Crippen LogP) is 3.14. The van der Waals surface area contributed by atoms with Crippen molar-refractivity contribution < 1.29 is 18.1 Å². The molecule has 1 aromatic carbocycles. The molecule has 0 saturated carbocycles. The van der Waals surface area contributed by atoms with Crippen LogP contribution in [-0.2, 0) is 11.2 Å². The maximum absolute atomic E-state index is 13.0. The summed E-state index contributed by atoms with van der Waals surface area (Å²) in [5.41, 5.74) is 1.88. The average Bonchev–Trinajstić information content (AvgIpc) is 2.71. The van der Waals surface area contributed by atoms with Crippen LogP contribution in [0.1, 0.15) is 23.4 Å². The maximum Gasteiger partial charge on any atom is 0.224 e. The molecule has 0 atom stereocenters. The first-order valence-corrected chi connectivity index (χ1v) is 6.14. The molecule has 0 aliphatic rings. The lowest BCUT2D eigenvalue weighted by atomic mass is 10.1. The Bertz CT molecular complexity index is 619. The van der Waals surface area contributed by atoms with E-state index in [1.807, 2.05) is 0 Å².